The van der Waals surface area contributed by atoms with Gasteiger partial charge in [0.05, 0.1) is 7.11 Å². The topological polar surface area (TPSA) is 55.8 Å². The monoisotopic (exact) mass is 362 g/mol. The minimum Gasteiger partial charge on any atom is -0.504 e. The minimum atomic E-state index is -0.348. The van der Waals surface area contributed by atoms with Crippen LogP contribution in [0.15, 0.2) is 24.3 Å². The van der Waals surface area contributed by atoms with Gasteiger partial charge in [0.1, 0.15) is 6.10 Å². The molecule has 0 radical (unpaired) electrons. The fraction of sp³-hybridized carbons (Fsp3) is 0.591. The van der Waals surface area contributed by atoms with Crippen LogP contribution in [0.1, 0.15) is 66.4 Å². The number of carbonyl (C=O) groups excluding carboxylic acids is 1. The summed E-state index contributed by atoms with van der Waals surface area (Å²) in [6.45, 7) is 13.1. The van der Waals surface area contributed by atoms with E-state index in [-0.39, 0.29) is 28.7 Å². The summed E-state index contributed by atoms with van der Waals surface area (Å²) >= 11 is 0. The molecule has 0 aliphatic heterocycles. The maximum absolute atomic E-state index is 12.4. The van der Waals surface area contributed by atoms with Crippen LogP contribution in [0.5, 0.6) is 11.5 Å². The molecule has 0 amide bonds. The maximum Gasteiger partial charge on any atom is 0.331 e. The first kappa shape index (κ1) is 22.1. The van der Waals surface area contributed by atoms with Crippen molar-refractivity contribution in [1.82, 2.24) is 0 Å². The Labute approximate surface area is 158 Å². The van der Waals surface area contributed by atoms with Gasteiger partial charge >= 0.3 is 5.97 Å². The van der Waals surface area contributed by atoms with Gasteiger partial charge in [0.2, 0.25) is 0 Å². The van der Waals surface area contributed by atoms with Gasteiger partial charge in [0, 0.05) is 11.5 Å². The first-order valence-corrected chi connectivity index (χ1v) is 9.34. The van der Waals surface area contributed by atoms with Gasteiger partial charge in [-0.25, -0.2) is 4.79 Å². The van der Waals surface area contributed by atoms with E-state index in [1.807, 2.05) is 0 Å². The van der Waals surface area contributed by atoms with Crippen LogP contribution in [0.4, 0.5) is 0 Å². The fourth-order valence-corrected chi connectivity index (χ4v) is 3.15. The van der Waals surface area contributed by atoms with E-state index in [0.29, 0.717) is 5.75 Å². The molecule has 1 N–H and O–H groups in total. The van der Waals surface area contributed by atoms with E-state index in [2.05, 4.69) is 41.5 Å². The predicted octanol–water partition coefficient (Wildman–Crippen LogP) is 5.59. The zero-order valence-electron chi connectivity index (χ0n) is 17.3. The number of rotatable bonds is 8. The van der Waals surface area contributed by atoms with Crippen LogP contribution >= 0.6 is 0 Å². The normalized spacial score (nSPS) is 15.5. The Balaban J connectivity index is 2.94. The van der Waals surface area contributed by atoms with Gasteiger partial charge in [-0.1, -0.05) is 54.0 Å². The lowest BCUT2D eigenvalue weighted by Crippen LogP contribution is -2.45. The molecule has 0 fully saturated rings. The highest BCUT2D eigenvalue weighted by atomic mass is 16.5. The van der Waals surface area contributed by atoms with Crippen molar-refractivity contribution >= 4 is 12.0 Å². The van der Waals surface area contributed by atoms with Gasteiger partial charge in [-0.2, -0.15) is 0 Å². The van der Waals surface area contributed by atoms with E-state index in [1.54, 1.807) is 18.2 Å². The average Bonchev–Trinajstić information content (AvgIpc) is 2.58. The van der Waals surface area contributed by atoms with Gasteiger partial charge in [-0.05, 0) is 42.0 Å². The number of aromatic hydroxyl groups is 1. The number of benzene rings is 1. The highest BCUT2D eigenvalue weighted by Crippen LogP contribution is 2.46. The largest absolute Gasteiger partial charge is 0.504 e. The van der Waals surface area contributed by atoms with Crippen molar-refractivity contribution in [1.29, 1.82) is 0 Å². The lowest BCUT2D eigenvalue weighted by atomic mass is 9.62. The molecule has 4 nitrogen and oxygen atoms in total. The Morgan fingerprint density at radius 2 is 1.88 bits per heavy atom. The second-order valence-electron chi connectivity index (χ2n) is 8.00. The number of hydrogen-bond donors (Lipinski definition) is 1. The predicted molar refractivity (Wildman–Crippen MR) is 106 cm³/mol. The summed E-state index contributed by atoms with van der Waals surface area (Å²) in [7, 11) is 1.49. The third kappa shape index (κ3) is 5.26. The number of ether oxygens (including phenoxy) is 2. The number of hydrogen-bond acceptors (Lipinski definition) is 4. The zero-order valence-corrected chi connectivity index (χ0v) is 17.3. The molecule has 1 unspecified atom stereocenters. The van der Waals surface area contributed by atoms with Gasteiger partial charge in [0.15, 0.2) is 11.5 Å². The molecule has 0 aromatic heterocycles. The number of phenols is 1. The van der Waals surface area contributed by atoms with E-state index in [9.17, 15) is 9.90 Å². The molecule has 26 heavy (non-hydrogen) atoms. The quantitative estimate of drug-likeness (QED) is 0.484. The van der Waals surface area contributed by atoms with Crippen molar-refractivity contribution in [2.75, 3.05) is 7.11 Å². The van der Waals surface area contributed by atoms with Crippen LogP contribution in [0.2, 0.25) is 0 Å². The molecule has 0 saturated carbocycles. The summed E-state index contributed by atoms with van der Waals surface area (Å²) in [5.41, 5.74) is 0.683. The van der Waals surface area contributed by atoms with Gasteiger partial charge in [0.25, 0.3) is 0 Å². The minimum absolute atomic E-state index is 0.0237. The second-order valence-corrected chi connectivity index (χ2v) is 8.00. The van der Waals surface area contributed by atoms with Crippen molar-refractivity contribution in [3.8, 4) is 11.5 Å². The molecule has 0 aliphatic carbocycles. The maximum atomic E-state index is 12.4. The van der Waals surface area contributed by atoms with E-state index in [0.717, 1.165) is 24.8 Å². The van der Waals surface area contributed by atoms with Crippen LogP contribution in [0.3, 0.4) is 0 Å². The summed E-state index contributed by atoms with van der Waals surface area (Å²) in [5.74, 6) is 0.0919. The third-order valence-electron chi connectivity index (χ3n) is 5.58. The van der Waals surface area contributed by atoms with E-state index in [4.69, 9.17) is 9.47 Å². The van der Waals surface area contributed by atoms with Crippen molar-refractivity contribution in [2.45, 2.75) is 66.9 Å². The second kappa shape index (κ2) is 9.11. The summed E-state index contributed by atoms with van der Waals surface area (Å²) < 4.78 is 11.0. The van der Waals surface area contributed by atoms with E-state index < -0.39 is 0 Å². The van der Waals surface area contributed by atoms with Gasteiger partial charge in [-0.3, -0.25) is 0 Å². The first-order valence-electron chi connectivity index (χ1n) is 9.34. The van der Waals surface area contributed by atoms with Crippen molar-refractivity contribution < 1.29 is 19.4 Å². The Kier molecular flexibility index (Phi) is 7.73. The molecule has 1 aromatic carbocycles. The Hall–Kier alpha value is -1.97. The highest BCUT2D eigenvalue weighted by molar-refractivity contribution is 5.87. The molecule has 0 saturated heterocycles. The summed E-state index contributed by atoms with van der Waals surface area (Å²) in [6, 6.07) is 4.93. The molecule has 2 atom stereocenters. The molecular weight excluding hydrogens is 328 g/mol. The zero-order chi connectivity index (χ0) is 20.0. The van der Waals surface area contributed by atoms with Crippen molar-refractivity contribution in [3.63, 3.8) is 0 Å². The number of esters is 1. The highest BCUT2D eigenvalue weighted by Gasteiger charge is 2.44. The standard InChI is InChI=1S/C22H34O4/c1-8-10-19(22(6,9-2)21(3,4)5)26-20(24)14-12-16-11-13-17(23)18(15-16)25-7/h11-15,19,23H,8-10H2,1-7H3/b14-12+/t19-,22?/m0/s1. The van der Waals surface area contributed by atoms with Crippen molar-refractivity contribution in [2.24, 2.45) is 10.8 Å². The Morgan fingerprint density at radius 3 is 2.38 bits per heavy atom. The molecule has 1 rings (SSSR count). The van der Waals surface area contributed by atoms with Crippen LogP contribution in [-0.4, -0.2) is 24.3 Å². The molecule has 0 heterocycles. The van der Waals surface area contributed by atoms with E-state index >= 15 is 0 Å². The van der Waals surface area contributed by atoms with Crippen molar-refractivity contribution in [3.05, 3.63) is 29.8 Å². The number of carbonyl (C=O) groups is 1. The third-order valence-corrected chi connectivity index (χ3v) is 5.58. The molecule has 0 bridgehead atoms. The van der Waals surface area contributed by atoms with Crippen LogP contribution < -0.4 is 4.74 Å². The van der Waals surface area contributed by atoms with Crippen LogP contribution in [0.25, 0.3) is 6.08 Å². The van der Waals surface area contributed by atoms with Crippen LogP contribution in [0, 0.1) is 10.8 Å². The molecular formula is C22H34O4. The Bertz CT molecular complexity index is 628. The smallest absolute Gasteiger partial charge is 0.331 e. The molecule has 0 aliphatic rings. The lowest BCUT2D eigenvalue weighted by molar-refractivity contribution is -0.157. The Morgan fingerprint density at radius 1 is 1.23 bits per heavy atom. The van der Waals surface area contributed by atoms with Gasteiger partial charge in [-0.15, -0.1) is 0 Å². The fourth-order valence-electron chi connectivity index (χ4n) is 3.15. The van der Waals surface area contributed by atoms with E-state index in [1.165, 1.54) is 19.3 Å². The summed E-state index contributed by atoms with van der Waals surface area (Å²) in [5, 5.41) is 9.64. The lowest BCUT2D eigenvalue weighted by Gasteiger charge is -2.46. The summed E-state index contributed by atoms with van der Waals surface area (Å²) in [4.78, 5) is 12.4. The molecule has 4 heteroatoms. The number of phenolic OH excluding ortho intramolecular Hbond substituents is 1. The summed E-state index contributed by atoms with van der Waals surface area (Å²) in [6.07, 6.45) is 5.72. The molecule has 0 spiro atoms. The average molecular weight is 363 g/mol. The van der Waals surface area contributed by atoms with Crippen LogP contribution in [-0.2, 0) is 9.53 Å². The van der Waals surface area contributed by atoms with Gasteiger partial charge < -0.3 is 14.6 Å². The molecule has 1 aromatic rings. The molecule has 146 valence electrons. The SMILES string of the molecule is CCC[C@H](OC(=O)/C=C/c1ccc(O)c(OC)c1)C(C)(CC)C(C)(C)C. The first-order chi connectivity index (χ1) is 12.1. The number of methoxy groups -OCH3 is 1.